The molecule has 0 aliphatic heterocycles. The molecule has 8 heteroatoms. The third kappa shape index (κ3) is 2.71. The Bertz CT molecular complexity index is 1110. The van der Waals surface area contributed by atoms with Crippen LogP contribution in [0.4, 0.5) is 0 Å². The smallest absolute Gasteiger partial charge is 0.272 e. The van der Waals surface area contributed by atoms with Crippen LogP contribution in [0.5, 0.6) is 0 Å². The van der Waals surface area contributed by atoms with Crippen LogP contribution in [0.3, 0.4) is 0 Å². The number of hydrogen-bond acceptors (Lipinski definition) is 5. The van der Waals surface area contributed by atoms with Gasteiger partial charge in [0.1, 0.15) is 0 Å². The number of carbonyl (C=O) groups is 1. The molecular weight excluding hydrogens is 406 g/mol. The maximum absolute atomic E-state index is 13.7. The Morgan fingerprint density at radius 2 is 2.06 bits per heavy atom. The van der Waals surface area contributed by atoms with E-state index in [1.54, 1.807) is 4.68 Å². The lowest BCUT2D eigenvalue weighted by atomic mass is 9.51. The molecule has 0 saturated heterocycles. The number of aliphatic hydroxyl groups is 1. The Balaban J connectivity index is 1.27. The fourth-order valence-electron chi connectivity index (χ4n) is 8.45. The van der Waals surface area contributed by atoms with Crippen molar-refractivity contribution in [1.29, 1.82) is 0 Å². The number of carbonyl (C=O) groups excluding carboxylic acids is 1. The largest absolute Gasteiger partial charge is 0.619 e. The lowest BCUT2D eigenvalue weighted by Gasteiger charge is -2.60. The van der Waals surface area contributed by atoms with E-state index in [1.165, 1.54) is 37.9 Å². The Kier molecular flexibility index (Phi) is 3.75. The molecule has 6 aliphatic carbocycles. The predicted octanol–water partition coefficient (Wildman–Crippen LogP) is 2.15. The number of hydrogen-bond donors (Lipinski definition) is 2. The van der Waals surface area contributed by atoms with E-state index in [4.69, 9.17) is 5.10 Å². The molecule has 4 bridgehead atoms. The molecule has 5 fully saturated rings. The highest BCUT2D eigenvalue weighted by molar-refractivity contribution is 5.95. The highest BCUT2D eigenvalue weighted by Crippen LogP contribution is 2.57. The Labute approximate surface area is 186 Å². The van der Waals surface area contributed by atoms with E-state index in [0.29, 0.717) is 41.6 Å². The summed E-state index contributed by atoms with van der Waals surface area (Å²) in [5, 5.41) is 31.1. The lowest BCUT2D eigenvalue weighted by Crippen LogP contribution is -2.65. The molecule has 4 unspecified atom stereocenters. The van der Waals surface area contributed by atoms with E-state index in [2.05, 4.69) is 10.3 Å². The van der Waals surface area contributed by atoms with Crippen molar-refractivity contribution >= 4 is 5.91 Å². The summed E-state index contributed by atoms with van der Waals surface area (Å²) in [5.74, 6) is 2.26. The fourth-order valence-corrected chi connectivity index (χ4v) is 8.45. The van der Waals surface area contributed by atoms with E-state index >= 15 is 0 Å². The predicted molar refractivity (Wildman–Crippen MR) is 114 cm³/mol. The van der Waals surface area contributed by atoms with Crippen molar-refractivity contribution in [1.82, 2.24) is 20.1 Å². The van der Waals surface area contributed by atoms with Crippen LogP contribution in [0.2, 0.25) is 0 Å². The SMILES string of the molecule is O=C(NC12C[C@@H]3C[C@@H](CC(O)(C3)C1)C2)c1nn(-c2c[n+]([O-])ccn2)c2c1C1CCCC1C2. The van der Waals surface area contributed by atoms with Crippen LogP contribution < -0.4 is 10.0 Å². The molecule has 32 heavy (non-hydrogen) atoms. The van der Waals surface area contributed by atoms with Gasteiger partial charge in [0, 0.05) is 11.1 Å². The molecule has 0 spiro atoms. The van der Waals surface area contributed by atoms with Crippen molar-refractivity contribution in [3.63, 3.8) is 0 Å². The van der Waals surface area contributed by atoms with E-state index in [0.717, 1.165) is 54.5 Å². The average molecular weight is 436 g/mol. The molecule has 0 radical (unpaired) electrons. The van der Waals surface area contributed by atoms with Gasteiger partial charge in [-0.1, -0.05) is 6.42 Å². The molecule has 2 heterocycles. The zero-order chi connectivity index (χ0) is 21.7. The summed E-state index contributed by atoms with van der Waals surface area (Å²) in [7, 11) is 0. The van der Waals surface area contributed by atoms with Crippen molar-refractivity contribution in [3.05, 3.63) is 40.7 Å². The third-order valence-electron chi connectivity index (χ3n) is 9.01. The van der Waals surface area contributed by atoms with Crippen LogP contribution in [-0.2, 0) is 6.42 Å². The summed E-state index contributed by atoms with van der Waals surface area (Å²) in [4.78, 5) is 18.1. The molecular formula is C24H29N5O3. The number of nitrogens with zero attached hydrogens (tertiary/aromatic N) is 4. The van der Waals surface area contributed by atoms with Gasteiger partial charge in [0.2, 0.25) is 12.0 Å². The highest BCUT2D eigenvalue weighted by Gasteiger charge is 2.58. The summed E-state index contributed by atoms with van der Waals surface area (Å²) in [6.07, 6.45) is 14.1. The molecule has 1 amide bonds. The van der Waals surface area contributed by atoms with Gasteiger partial charge in [0.05, 0.1) is 17.5 Å². The number of amides is 1. The first kappa shape index (κ1) is 19.0. The molecule has 5 saturated carbocycles. The second-order valence-corrected chi connectivity index (χ2v) is 11.3. The number of aromatic nitrogens is 4. The summed E-state index contributed by atoms with van der Waals surface area (Å²) in [5.41, 5.74) is 1.67. The van der Waals surface area contributed by atoms with Crippen LogP contribution in [0.1, 0.15) is 85.5 Å². The quantitative estimate of drug-likeness (QED) is 0.568. The van der Waals surface area contributed by atoms with E-state index < -0.39 is 5.60 Å². The lowest BCUT2D eigenvalue weighted by molar-refractivity contribution is -0.605. The molecule has 8 nitrogen and oxygen atoms in total. The van der Waals surface area contributed by atoms with Crippen molar-refractivity contribution in [2.24, 2.45) is 17.8 Å². The first-order valence-electron chi connectivity index (χ1n) is 12.1. The van der Waals surface area contributed by atoms with Gasteiger partial charge in [0.15, 0.2) is 11.9 Å². The van der Waals surface area contributed by atoms with Gasteiger partial charge in [-0.05, 0) is 81.5 Å². The van der Waals surface area contributed by atoms with Gasteiger partial charge in [-0.25, -0.2) is 9.67 Å². The van der Waals surface area contributed by atoms with Crippen molar-refractivity contribution in [3.8, 4) is 5.82 Å². The van der Waals surface area contributed by atoms with Crippen LogP contribution in [0, 0.1) is 23.0 Å². The van der Waals surface area contributed by atoms with Crippen molar-refractivity contribution in [2.75, 3.05) is 0 Å². The van der Waals surface area contributed by atoms with E-state index in [-0.39, 0.29) is 11.4 Å². The molecule has 168 valence electrons. The van der Waals surface area contributed by atoms with Crippen molar-refractivity contribution in [2.45, 2.75) is 81.3 Å². The first-order valence-corrected chi connectivity index (χ1v) is 12.1. The first-order chi connectivity index (χ1) is 15.4. The zero-order valence-electron chi connectivity index (χ0n) is 18.2. The second kappa shape index (κ2) is 6.31. The van der Waals surface area contributed by atoms with Crippen LogP contribution >= 0.6 is 0 Å². The van der Waals surface area contributed by atoms with Gasteiger partial charge in [0.25, 0.3) is 5.91 Å². The van der Waals surface area contributed by atoms with E-state index in [9.17, 15) is 15.1 Å². The van der Waals surface area contributed by atoms with Gasteiger partial charge < -0.3 is 15.6 Å². The van der Waals surface area contributed by atoms with E-state index in [1.807, 2.05) is 0 Å². The second-order valence-electron chi connectivity index (χ2n) is 11.3. The maximum atomic E-state index is 13.7. The summed E-state index contributed by atoms with van der Waals surface area (Å²) >= 11 is 0. The topological polar surface area (TPSA) is 107 Å². The molecule has 2 aromatic heterocycles. The average Bonchev–Trinajstić information content (AvgIpc) is 3.37. The third-order valence-corrected chi connectivity index (χ3v) is 9.01. The normalized spacial score (nSPS) is 38.7. The Hall–Kier alpha value is -2.48. The summed E-state index contributed by atoms with van der Waals surface area (Å²) in [6.45, 7) is 0. The van der Waals surface area contributed by atoms with Crippen LogP contribution in [-0.4, -0.2) is 36.9 Å². The molecule has 6 aliphatic rings. The highest BCUT2D eigenvalue weighted by atomic mass is 16.5. The standard InChI is InChI=1S/C24H29N5O3/c30-22(26-23-8-14-6-15(9-23)11-24(31,10-14)13-23)21-20-17-3-1-2-16(17)7-18(20)29(27-21)19-12-28(32)5-4-25-19/h4-5,12,14-17,31H,1-3,6-11,13H2,(H,26,30)/t14-,15+,16?,17?,23?,24?. The van der Waals surface area contributed by atoms with Gasteiger partial charge >= 0.3 is 0 Å². The molecule has 8 rings (SSSR count). The molecule has 0 aromatic carbocycles. The van der Waals surface area contributed by atoms with Gasteiger partial charge in [-0.15, -0.1) is 0 Å². The summed E-state index contributed by atoms with van der Waals surface area (Å²) in [6, 6.07) is 0. The number of rotatable bonds is 3. The molecule has 2 N–H and O–H groups in total. The minimum absolute atomic E-state index is 0.121. The zero-order valence-corrected chi connectivity index (χ0v) is 18.2. The molecule has 2 aromatic rings. The monoisotopic (exact) mass is 435 g/mol. The Morgan fingerprint density at radius 1 is 1.25 bits per heavy atom. The van der Waals surface area contributed by atoms with Crippen LogP contribution in [0.25, 0.3) is 5.82 Å². The molecule has 6 atom stereocenters. The number of fused-ring (bicyclic) bond motifs is 3. The van der Waals surface area contributed by atoms with Gasteiger partial charge in [-0.2, -0.15) is 9.83 Å². The van der Waals surface area contributed by atoms with Crippen LogP contribution in [0.15, 0.2) is 18.6 Å². The Morgan fingerprint density at radius 3 is 2.81 bits per heavy atom. The maximum Gasteiger partial charge on any atom is 0.272 e. The number of nitrogens with one attached hydrogen (secondary N) is 1. The van der Waals surface area contributed by atoms with Gasteiger partial charge in [-0.3, -0.25) is 4.79 Å². The fraction of sp³-hybridized carbons (Fsp3) is 0.667. The minimum Gasteiger partial charge on any atom is -0.619 e. The summed E-state index contributed by atoms with van der Waals surface area (Å²) < 4.78 is 2.45. The minimum atomic E-state index is -0.620. The van der Waals surface area contributed by atoms with Crippen molar-refractivity contribution < 1.29 is 14.6 Å².